The second-order valence-electron chi connectivity index (χ2n) is 8.30. The van der Waals surface area contributed by atoms with Gasteiger partial charge in [0.05, 0.1) is 5.54 Å². The molecule has 2 aliphatic carbocycles. The van der Waals surface area contributed by atoms with Gasteiger partial charge in [-0.05, 0) is 30.9 Å². The summed E-state index contributed by atoms with van der Waals surface area (Å²) in [4.78, 5) is 29.1. The van der Waals surface area contributed by atoms with Crippen molar-refractivity contribution in [2.45, 2.75) is 62.9 Å². The van der Waals surface area contributed by atoms with E-state index in [9.17, 15) is 9.59 Å². The molecule has 0 radical (unpaired) electrons. The molecule has 1 aromatic rings. The molecule has 2 saturated carbocycles. The monoisotopic (exact) mass is 433 g/mol. The van der Waals surface area contributed by atoms with E-state index in [1.807, 2.05) is 21.9 Å². The highest BCUT2D eigenvalue weighted by molar-refractivity contribution is 9.10. The van der Waals surface area contributed by atoms with Crippen molar-refractivity contribution in [1.29, 1.82) is 0 Å². The fourth-order valence-electron chi connectivity index (χ4n) is 5.00. The molecule has 4 rings (SSSR count). The van der Waals surface area contributed by atoms with Gasteiger partial charge in [-0.1, -0.05) is 53.4 Å². The zero-order chi connectivity index (χ0) is 19.0. The van der Waals surface area contributed by atoms with Crippen molar-refractivity contribution in [2.24, 2.45) is 0 Å². The highest BCUT2D eigenvalue weighted by Gasteiger charge is 2.46. The Morgan fingerprint density at radius 1 is 1.15 bits per heavy atom. The first kappa shape index (κ1) is 18.8. The molecule has 1 heterocycles. The first-order valence-corrected chi connectivity index (χ1v) is 10.9. The molecule has 0 bridgehead atoms. The van der Waals surface area contributed by atoms with Crippen LogP contribution in [0.1, 0.15) is 56.9 Å². The summed E-state index contributed by atoms with van der Waals surface area (Å²) in [5.41, 5.74) is 1.12. The minimum Gasteiger partial charge on any atom is -0.335 e. The molecule has 0 aromatic heterocycles. The molecule has 146 valence electrons. The summed E-state index contributed by atoms with van der Waals surface area (Å²) < 4.78 is 1.11. The number of amides is 3. The molecule has 1 aliphatic heterocycles. The Morgan fingerprint density at radius 3 is 2.59 bits per heavy atom. The van der Waals surface area contributed by atoms with E-state index in [0.717, 1.165) is 36.6 Å². The van der Waals surface area contributed by atoms with Crippen molar-refractivity contribution in [1.82, 2.24) is 15.1 Å². The Morgan fingerprint density at radius 2 is 1.89 bits per heavy atom. The lowest BCUT2D eigenvalue weighted by Gasteiger charge is -2.52. The van der Waals surface area contributed by atoms with Gasteiger partial charge < -0.3 is 15.1 Å². The maximum Gasteiger partial charge on any atom is 0.317 e. The Hall–Kier alpha value is -1.56. The van der Waals surface area contributed by atoms with Gasteiger partial charge in [0.2, 0.25) is 5.91 Å². The van der Waals surface area contributed by atoms with Gasteiger partial charge in [0.15, 0.2) is 0 Å². The predicted octanol–water partition coefficient (Wildman–Crippen LogP) is 3.88. The van der Waals surface area contributed by atoms with Crippen LogP contribution in [-0.2, 0) is 4.79 Å². The molecule has 1 aromatic carbocycles. The van der Waals surface area contributed by atoms with E-state index in [4.69, 9.17) is 0 Å². The number of halogens is 1. The standard InChI is InChI=1S/C21H28BrN3O2/c1-15(26)25-12-11-24(14-21(25)9-5-2-6-10-21)20(27)23-19-13-17(19)16-7-3-4-8-18(16)22/h3-4,7-8,17,19H,2,5-6,9-14H2,1H3,(H,23,27)/t17-,19+/m0/s1. The van der Waals surface area contributed by atoms with Crippen molar-refractivity contribution in [3.8, 4) is 0 Å². The molecule has 3 aliphatic rings. The summed E-state index contributed by atoms with van der Waals surface area (Å²) in [5, 5.41) is 3.23. The van der Waals surface area contributed by atoms with Gasteiger partial charge in [0.1, 0.15) is 0 Å². The van der Waals surface area contributed by atoms with Gasteiger partial charge in [0.25, 0.3) is 0 Å². The Kier molecular flexibility index (Phi) is 5.19. The largest absolute Gasteiger partial charge is 0.335 e. The van der Waals surface area contributed by atoms with Crippen LogP contribution in [0.15, 0.2) is 28.7 Å². The number of carbonyl (C=O) groups is 2. The first-order chi connectivity index (χ1) is 13.0. The second-order valence-corrected chi connectivity index (χ2v) is 9.15. The number of nitrogens with zero attached hydrogens (tertiary/aromatic N) is 2. The number of piperazine rings is 1. The van der Waals surface area contributed by atoms with Gasteiger partial charge in [-0.15, -0.1) is 0 Å². The Labute approximate surface area is 169 Å². The third-order valence-corrected chi connectivity index (χ3v) is 7.23. The van der Waals surface area contributed by atoms with Gasteiger partial charge in [-0.2, -0.15) is 0 Å². The van der Waals surface area contributed by atoms with Crippen LogP contribution in [-0.4, -0.2) is 53.0 Å². The van der Waals surface area contributed by atoms with Crippen molar-refractivity contribution in [3.63, 3.8) is 0 Å². The highest BCUT2D eigenvalue weighted by atomic mass is 79.9. The molecule has 1 spiro atoms. The third kappa shape index (κ3) is 3.73. The van der Waals surface area contributed by atoms with Gasteiger partial charge in [-0.25, -0.2) is 4.79 Å². The number of hydrogen-bond acceptors (Lipinski definition) is 2. The summed E-state index contributed by atoms with van der Waals surface area (Å²) in [6.45, 7) is 3.62. The SMILES string of the molecule is CC(=O)N1CCN(C(=O)N[C@@H]2C[C@H]2c2ccccc2Br)CC12CCCCC2. The molecule has 2 atom stereocenters. The molecule has 6 heteroatoms. The van der Waals surface area contributed by atoms with Crippen LogP contribution in [0, 0.1) is 0 Å². The minimum atomic E-state index is -0.148. The van der Waals surface area contributed by atoms with E-state index in [2.05, 4.69) is 33.4 Å². The summed E-state index contributed by atoms with van der Waals surface area (Å²) in [5.74, 6) is 0.541. The van der Waals surface area contributed by atoms with Crippen LogP contribution in [0.2, 0.25) is 0 Å². The van der Waals surface area contributed by atoms with Crippen molar-refractivity contribution < 1.29 is 9.59 Å². The molecular weight excluding hydrogens is 406 g/mol. The van der Waals surface area contributed by atoms with E-state index in [0.29, 0.717) is 25.6 Å². The molecule has 5 nitrogen and oxygen atoms in total. The van der Waals surface area contributed by atoms with Crippen LogP contribution in [0.4, 0.5) is 4.79 Å². The summed E-state index contributed by atoms with van der Waals surface area (Å²) in [6.07, 6.45) is 6.54. The average Bonchev–Trinajstić information content (AvgIpc) is 3.41. The van der Waals surface area contributed by atoms with Crippen molar-refractivity contribution >= 4 is 27.9 Å². The van der Waals surface area contributed by atoms with E-state index >= 15 is 0 Å². The molecule has 1 saturated heterocycles. The number of rotatable bonds is 2. The Balaban J connectivity index is 1.40. The van der Waals surface area contributed by atoms with Gasteiger partial charge in [0, 0.05) is 43.0 Å². The summed E-state index contributed by atoms with van der Waals surface area (Å²) in [7, 11) is 0. The maximum absolute atomic E-state index is 12.9. The van der Waals surface area contributed by atoms with Gasteiger partial charge >= 0.3 is 6.03 Å². The van der Waals surface area contributed by atoms with Crippen LogP contribution in [0.5, 0.6) is 0 Å². The fourth-order valence-corrected chi connectivity index (χ4v) is 5.58. The van der Waals surface area contributed by atoms with E-state index in [-0.39, 0.29) is 23.5 Å². The molecule has 1 N–H and O–H groups in total. The number of nitrogens with one attached hydrogen (secondary N) is 1. The number of benzene rings is 1. The van der Waals surface area contributed by atoms with E-state index in [1.54, 1.807) is 6.92 Å². The Bertz CT molecular complexity index is 732. The molecular formula is C21H28BrN3O2. The predicted molar refractivity (Wildman–Crippen MR) is 109 cm³/mol. The lowest BCUT2D eigenvalue weighted by Crippen LogP contribution is -2.66. The van der Waals surface area contributed by atoms with Crippen molar-refractivity contribution in [3.05, 3.63) is 34.3 Å². The van der Waals surface area contributed by atoms with Gasteiger partial charge in [-0.3, -0.25) is 4.79 Å². The minimum absolute atomic E-state index is 0.0303. The maximum atomic E-state index is 12.9. The number of hydrogen-bond donors (Lipinski definition) is 1. The topological polar surface area (TPSA) is 52.7 Å². The molecule has 3 fully saturated rings. The van der Waals surface area contributed by atoms with E-state index in [1.165, 1.54) is 12.0 Å². The first-order valence-electron chi connectivity index (χ1n) is 10.1. The normalized spacial score (nSPS) is 26.7. The molecule has 0 unspecified atom stereocenters. The average molecular weight is 434 g/mol. The zero-order valence-electron chi connectivity index (χ0n) is 15.9. The van der Waals surface area contributed by atoms with Crippen LogP contribution >= 0.6 is 15.9 Å². The lowest BCUT2D eigenvalue weighted by molar-refractivity contribution is -0.141. The smallest absolute Gasteiger partial charge is 0.317 e. The fraction of sp³-hybridized carbons (Fsp3) is 0.619. The molecule has 27 heavy (non-hydrogen) atoms. The highest BCUT2D eigenvalue weighted by Crippen LogP contribution is 2.44. The van der Waals surface area contributed by atoms with Crippen LogP contribution < -0.4 is 5.32 Å². The number of urea groups is 1. The third-order valence-electron chi connectivity index (χ3n) is 6.51. The quantitative estimate of drug-likeness (QED) is 0.768. The summed E-state index contributed by atoms with van der Waals surface area (Å²) >= 11 is 3.61. The van der Waals surface area contributed by atoms with E-state index < -0.39 is 0 Å². The molecule has 3 amide bonds. The summed E-state index contributed by atoms with van der Waals surface area (Å²) in [6, 6.07) is 8.49. The second kappa shape index (κ2) is 7.46. The number of carbonyl (C=O) groups excluding carboxylic acids is 2. The lowest BCUT2D eigenvalue weighted by atomic mass is 9.78. The van der Waals surface area contributed by atoms with Crippen molar-refractivity contribution in [2.75, 3.05) is 19.6 Å². The van der Waals surface area contributed by atoms with Crippen LogP contribution in [0.3, 0.4) is 0 Å². The zero-order valence-corrected chi connectivity index (χ0v) is 17.5. The van der Waals surface area contributed by atoms with Crippen LogP contribution in [0.25, 0.3) is 0 Å².